The van der Waals surface area contributed by atoms with Crippen LogP contribution in [-0.4, -0.2) is 26.5 Å². The Bertz CT molecular complexity index is 680. The smallest absolute Gasteiger partial charge is 0.252 e. The van der Waals surface area contributed by atoms with Gasteiger partial charge in [0.1, 0.15) is 6.33 Å². The fourth-order valence-corrected chi connectivity index (χ4v) is 1.84. The molecule has 0 aliphatic carbocycles. The number of fused-ring (bicyclic) bond motifs is 1. The molecule has 0 fully saturated rings. The first kappa shape index (κ1) is 11.6. The second-order valence-corrected chi connectivity index (χ2v) is 4.11. The van der Waals surface area contributed by atoms with Gasteiger partial charge >= 0.3 is 0 Å². The molecule has 0 unspecified atom stereocenters. The molecule has 0 aliphatic rings. The summed E-state index contributed by atoms with van der Waals surface area (Å²) in [4.78, 5) is 16.8. The van der Waals surface area contributed by atoms with E-state index in [-0.39, 0.29) is 0 Å². The van der Waals surface area contributed by atoms with Crippen molar-refractivity contribution in [3.05, 3.63) is 42.3 Å². The molecule has 6 nitrogen and oxygen atoms in total. The van der Waals surface area contributed by atoms with Gasteiger partial charge in [-0.3, -0.25) is 4.98 Å². The Hall–Kier alpha value is -2.50. The predicted molar refractivity (Wildman–Crippen MR) is 70.8 cm³/mol. The number of hydrogen-bond donors (Lipinski definition) is 1. The molecule has 0 amide bonds. The Morgan fingerprint density at radius 2 is 2.16 bits per heavy atom. The number of nitrogens with one attached hydrogen (secondary N) is 1. The summed E-state index contributed by atoms with van der Waals surface area (Å²) in [7, 11) is 0. The molecule has 0 saturated carbocycles. The molecule has 3 aromatic rings. The van der Waals surface area contributed by atoms with Crippen molar-refractivity contribution in [3.63, 3.8) is 0 Å². The molecule has 0 radical (unpaired) electrons. The molecule has 0 aromatic carbocycles. The highest BCUT2D eigenvalue weighted by molar-refractivity contribution is 5.80. The van der Waals surface area contributed by atoms with Crippen LogP contribution in [0.2, 0.25) is 0 Å². The molecule has 0 saturated heterocycles. The van der Waals surface area contributed by atoms with Gasteiger partial charge in [0.2, 0.25) is 0 Å². The van der Waals surface area contributed by atoms with Gasteiger partial charge in [-0.25, -0.2) is 9.97 Å². The largest absolute Gasteiger partial charge is 0.422 e. The lowest BCUT2D eigenvalue weighted by Gasteiger charge is -2.04. The maximum atomic E-state index is 5.36. The Kier molecular flexibility index (Phi) is 3.06. The van der Waals surface area contributed by atoms with Crippen LogP contribution in [0.3, 0.4) is 0 Å². The van der Waals surface area contributed by atoms with E-state index in [4.69, 9.17) is 4.42 Å². The van der Waals surface area contributed by atoms with Gasteiger partial charge in [0.25, 0.3) is 5.71 Å². The van der Waals surface area contributed by atoms with Crippen LogP contribution in [0.5, 0.6) is 0 Å². The van der Waals surface area contributed by atoms with Gasteiger partial charge in [-0.2, -0.15) is 4.98 Å². The van der Waals surface area contributed by atoms with Crippen LogP contribution in [-0.2, 0) is 6.42 Å². The van der Waals surface area contributed by atoms with Gasteiger partial charge < -0.3 is 9.73 Å². The minimum Gasteiger partial charge on any atom is -0.422 e. The topological polar surface area (TPSA) is 76.7 Å². The van der Waals surface area contributed by atoms with Gasteiger partial charge in [-0.05, 0) is 12.1 Å². The second-order valence-electron chi connectivity index (χ2n) is 4.11. The van der Waals surface area contributed by atoms with Crippen LogP contribution in [0.15, 0.2) is 35.1 Å². The summed E-state index contributed by atoms with van der Waals surface area (Å²) < 4.78 is 5.36. The molecule has 6 heteroatoms. The number of anilines is 1. The summed E-state index contributed by atoms with van der Waals surface area (Å²) in [5.41, 5.74) is 2.21. The van der Waals surface area contributed by atoms with E-state index >= 15 is 0 Å². The van der Waals surface area contributed by atoms with Crippen LogP contribution in [0.4, 0.5) is 5.82 Å². The molecule has 96 valence electrons. The molecule has 1 N–H and O–H groups in total. The lowest BCUT2D eigenvalue weighted by molar-refractivity contribution is 0.551. The Morgan fingerprint density at radius 3 is 3.00 bits per heavy atom. The monoisotopic (exact) mass is 255 g/mol. The van der Waals surface area contributed by atoms with Gasteiger partial charge in [0, 0.05) is 31.8 Å². The maximum absolute atomic E-state index is 5.36. The first-order valence-corrected chi connectivity index (χ1v) is 6.05. The molecule has 0 spiro atoms. The van der Waals surface area contributed by atoms with Gasteiger partial charge in [0.15, 0.2) is 17.2 Å². The number of nitrogens with zero attached hydrogens (tertiary/aromatic N) is 4. The number of rotatable bonds is 4. The zero-order valence-electron chi connectivity index (χ0n) is 10.5. The van der Waals surface area contributed by atoms with E-state index < -0.39 is 0 Å². The Labute approximate surface area is 109 Å². The molecule has 3 aromatic heterocycles. The highest BCUT2D eigenvalue weighted by Crippen LogP contribution is 2.18. The Balaban J connectivity index is 1.72. The van der Waals surface area contributed by atoms with E-state index in [1.54, 1.807) is 13.1 Å². The fraction of sp³-hybridized carbons (Fsp3) is 0.231. The number of pyridine rings is 1. The van der Waals surface area contributed by atoms with Crippen LogP contribution in [0.1, 0.15) is 11.6 Å². The summed E-state index contributed by atoms with van der Waals surface area (Å²) in [6.07, 6.45) is 4.08. The summed E-state index contributed by atoms with van der Waals surface area (Å²) in [5.74, 6) is 1.28. The van der Waals surface area contributed by atoms with Gasteiger partial charge in [-0.15, -0.1) is 0 Å². The Morgan fingerprint density at radius 1 is 1.21 bits per heavy atom. The van der Waals surface area contributed by atoms with E-state index in [1.807, 2.05) is 18.2 Å². The quantitative estimate of drug-likeness (QED) is 0.768. The first-order chi connectivity index (χ1) is 9.33. The van der Waals surface area contributed by atoms with Crippen molar-refractivity contribution in [3.8, 4) is 0 Å². The summed E-state index contributed by atoms with van der Waals surface area (Å²) >= 11 is 0. The molecule has 0 bridgehead atoms. The number of oxazole rings is 1. The maximum Gasteiger partial charge on any atom is 0.252 e. The van der Waals surface area contributed by atoms with Crippen molar-refractivity contribution in [2.45, 2.75) is 13.3 Å². The summed E-state index contributed by atoms with van der Waals surface area (Å²) in [6.45, 7) is 2.52. The van der Waals surface area contributed by atoms with Crippen molar-refractivity contribution in [1.82, 2.24) is 19.9 Å². The van der Waals surface area contributed by atoms with Crippen molar-refractivity contribution < 1.29 is 4.42 Å². The lowest BCUT2D eigenvalue weighted by Crippen LogP contribution is -2.07. The fourth-order valence-electron chi connectivity index (χ4n) is 1.84. The van der Waals surface area contributed by atoms with Gasteiger partial charge in [-0.1, -0.05) is 6.07 Å². The number of aromatic nitrogens is 4. The first-order valence-electron chi connectivity index (χ1n) is 6.05. The normalized spacial score (nSPS) is 10.8. The predicted octanol–water partition coefficient (Wildman–Crippen LogP) is 1.98. The third kappa shape index (κ3) is 2.52. The average Bonchev–Trinajstić information content (AvgIpc) is 2.81. The number of aryl methyl sites for hydroxylation is 1. The minimum atomic E-state index is 0.507. The molecule has 3 rings (SSSR count). The highest BCUT2D eigenvalue weighted by Gasteiger charge is 2.09. The zero-order chi connectivity index (χ0) is 13.1. The van der Waals surface area contributed by atoms with E-state index in [9.17, 15) is 0 Å². The molecule has 0 aliphatic heterocycles. The van der Waals surface area contributed by atoms with E-state index in [2.05, 4.69) is 25.3 Å². The van der Waals surface area contributed by atoms with Crippen molar-refractivity contribution in [2.24, 2.45) is 0 Å². The molecular formula is C13H13N5O. The summed E-state index contributed by atoms with van der Waals surface area (Å²) in [6, 6.07) is 5.88. The van der Waals surface area contributed by atoms with E-state index in [0.717, 1.165) is 18.7 Å². The van der Waals surface area contributed by atoms with Crippen molar-refractivity contribution in [2.75, 3.05) is 11.9 Å². The molecule has 19 heavy (non-hydrogen) atoms. The SMILES string of the molecule is Cc1nc2c(NCCc3ccccn3)ncnc2o1. The van der Waals surface area contributed by atoms with E-state index in [0.29, 0.717) is 22.9 Å². The lowest BCUT2D eigenvalue weighted by atomic mass is 10.3. The average molecular weight is 255 g/mol. The number of hydrogen-bond acceptors (Lipinski definition) is 6. The van der Waals surface area contributed by atoms with Crippen LogP contribution in [0.25, 0.3) is 11.2 Å². The van der Waals surface area contributed by atoms with Gasteiger partial charge in [0.05, 0.1) is 0 Å². The summed E-state index contributed by atoms with van der Waals surface area (Å²) in [5, 5.41) is 3.24. The third-order valence-corrected chi connectivity index (χ3v) is 2.70. The standard InChI is InChI=1S/C13H13N5O/c1-9-18-11-12(16-8-17-13(11)19-9)15-7-5-10-4-2-3-6-14-10/h2-4,6,8H,5,7H2,1H3,(H,15,16,17). The molecule has 3 heterocycles. The highest BCUT2D eigenvalue weighted by atomic mass is 16.4. The molecular weight excluding hydrogens is 242 g/mol. The van der Waals surface area contributed by atoms with Crippen molar-refractivity contribution in [1.29, 1.82) is 0 Å². The van der Waals surface area contributed by atoms with Crippen LogP contribution < -0.4 is 5.32 Å². The van der Waals surface area contributed by atoms with Crippen LogP contribution >= 0.6 is 0 Å². The molecule has 0 atom stereocenters. The second kappa shape index (κ2) is 5.01. The van der Waals surface area contributed by atoms with Crippen LogP contribution in [0, 0.1) is 6.92 Å². The minimum absolute atomic E-state index is 0.507. The third-order valence-electron chi connectivity index (χ3n) is 2.70. The zero-order valence-corrected chi connectivity index (χ0v) is 10.5. The van der Waals surface area contributed by atoms with Crippen molar-refractivity contribution >= 4 is 17.0 Å². The van der Waals surface area contributed by atoms with E-state index in [1.165, 1.54) is 6.33 Å².